The van der Waals surface area contributed by atoms with E-state index in [-0.39, 0.29) is 35.6 Å². The van der Waals surface area contributed by atoms with Crippen LogP contribution >= 0.6 is 0 Å². The number of aryl methyl sites for hydroxylation is 1. The van der Waals surface area contributed by atoms with Gasteiger partial charge in [-0.3, -0.25) is 14.6 Å². The monoisotopic (exact) mass is 644 g/mol. The third kappa shape index (κ3) is 5.74. The van der Waals surface area contributed by atoms with Gasteiger partial charge in [0.1, 0.15) is 36.4 Å². The van der Waals surface area contributed by atoms with Gasteiger partial charge in [-0.05, 0) is 42.5 Å². The third-order valence-electron chi connectivity index (χ3n) is 7.61. The van der Waals surface area contributed by atoms with Crippen molar-refractivity contribution < 1.29 is 37.3 Å². The van der Waals surface area contributed by atoms with E-state index in [1.54, 1.807) is 12.1 Å². The summed E-state index contributed by atoms with van der Waals surface area (Å²) < 4.78 is 60.0. The van der Waals surface area contributed by atoms with Gasteiger partial charge in [-0.1, -0.05) is 0 Å². The highest BCUT2D eigenvalue weighted by Crippen LogP contribution is 2.49. The van der Waals surface area contributed by atoms with Gasteiger partial charge in [-0.25, -0.2) is 18.1 Å². The molecule has 1 N–H and O–H groups in total. The Labute approximate surface area is 264 Å². The lowest BCUT2D eigenvalue weighted by atomic mass is 10.1. The van der Waals surface area contributed by atoms with Crippen LogP contribution < -0.4 is 35.5 Å². The maximum Gasteiger partial charge on any atom is 0.335 e. The molecule has 1 unspecified atom stereocenters. The van der Waals surface area contributed by atoms with Crippen molar-refractivity contribution in [2.75, 3.05) is 31.7 Å². The van der Waals surface area contributed by atoms with Gasteiger partial charge in [-0.2, -0.15) is 0 Å². The molecule has 0 saturated carbocycles. The van der Waals surface area contributed by atoms with Gasteiger partial charge in [-0.15, -0.1) is 0 Å². The number of carbonyl (C=O) groups excluding carboxylic acids is 1. The van der Waals surface area contributed by atoms with Crippen LogP contribution in [0, 0.1) is 11.6 Å². The first-order chi connectivity index (χ1) is 22.8. The van der Waals surface area contributed by atoms with E-state index < -0.39 is 34.4 Å². The van der Waals surface area contributed by atoms with Crippen LogP contribution in [-0.2, 0) is 11.8 Å². The fourth-order valence-electron chi connectivity index (χ4n) is 5.35. The van der Waals surface area contributed by atoms with Crippen molar-refractivity contribution in [2.24, 2.45) is 7.05 Å². The molecule has 0 aliphatic carbocycles. The molecule has 240 valence electrons. The van der Waals surface area contributed by atoms with Crippen LogP contribution in [0.1, 0.15) is 16.8 Å². The van der Waals surface area contributed by atoms with E-state index >= 15 is 4.39 Å². The fourth-order valence-corrected chi connectivity index (χ4v) is 5.35. The predicted molar refractivity (Wildman–Crippen MR) is 164 cm³/mol. The van der Waals surface area contributed by atoms with Crippen LogP contribution in [-0.4, -0.2) is 52.6 Å². The molecule has 0 bridgehead atoms. The number of ether oxygens (including phenoxy) is 5. The quantitative estimate of drug-likeness (QED) is 0.275. The Kier molecular flexibility index (Phi) is 7.77. The molecule has 5 aromatic rings. The van der Waals surface area contributed by atoms with Crippen LogP contribution in [0.25, 0.3) is 16.6 Å². The Morgan fingerprint density at radius 1 is 0.957 bits per heavy atom. The van der Waals surface area contributed by atoms with Crippen molar-refractivity contribution in [3.05, 3.63) is 105 Å². The second-order valence-corrected chi connectivity index (χ2v) is 10.8. The van der Waals surface area contributed by atoms with E-state index in [1.807, 2.05) is 0 Å². The fraction of sp³-hybridized carbons (Fsp3) is 0.212. The van der Waals surface area contributed by atoms with Crippen molar-refractivity contribution in [1.29, 1.82) is 0 Å². The maximum absolute atomic E-state index is 15.4. The summed E-state index contributed by atoms with van der Waals surface area (Å²) in [4.78, 5) is 43.4. The van der Waals surface area contributed by atoms with E-state index in [1.165, 1.54) is 37.5 Å². The Morgan fingerprint density at radius 3 is 2.49 bits per heavy atom. The summed E-state index contributed by atoms with van der Waals surface area (Å²) in [5, 5.41) is 2.94. The lowest BCUT2D eigenvalue weighted by Gasteiger charge is -2.24. The number of rotatable bonds is 7. The molecule has 2 aliphatic rings. The molecule has 1 atom stereocenters. The molecule has 1 saturated heterocycles. The molecule has 47 heavy (non-hydrogen) atoms. The molecule has 0 radical (unpaired) electrons. The molecule has 12 nitrogen and oxygen atoms in total. The molecular formula is C33H26F2N4O8. The largest absolute Gasteiger partial charge is 0.485 e. The predicted octanol–water partition coefficient (Wildman–Crippen LogP) is 4.35. The van der Waals surface area contributed by atoms with Crippen LogP contribution in [0.4, 0.5) is 14.5 Å². The number of halogens is 2. The zero-order chi connectivity index (χ0) is 32.7. The SMILES string of the molecule is Cn1cc(C(=O)Nc2ccc(Oc3ccnc4cc(OC5CCOC5)c5c(c34)OCCO5)c(F)c2)c(=O)n(-c2ccc(F)cc2)c1=O. The van der Waals surface area contributed by atoms with Gasteiger partial charge in [0.2, 0.25) is 5.75 Å². The minimum Gasteiger partial charge on any atom is -0.485 e. The number of benzene rings is 3. The smallest absolute Gasteiger partial charge is 0.335 e. The highest BCUT2D eigenvalue weighted by molar-refractivity contribution is 6.04. The highest BCUT2D eigenvalue weighted by atomic mass is 19.1. The molecule has 7 rings (SSSR count). The van der Waals surface area contributed by atoms with Crippen molar-refractivity contribution in [3.8, 4) is 34.4 Å². The molecule has 1 fully saturated rings. The lowest BCUT2D eigenvalue weighted by Crippen LogP contribution is -2.41. The first-order valence-electron chi connectivity index (χ1n) is 14.6. The Balaban J connectivity index is 1.16. The summed E-state index contributed by atoms with van der Waals surface area (Å²) in [7, 11) is 1.36. The molecule has 3 aromatic carbocycles. The zero-order valence-corrected chi connectivity index (χ0v) is 24.8. The molecule has 4 heterocycles. The van der Waals surface area contributed by atoms with Gasteiger partial charge in [0.25, 0.3) is 11.5 Å². The summed E-state index contributed by atoms with van der Waals surface area (Å²) in [5.74, 6) is -0.969. The minimum atomic E-state index is -0.929. The van der Waals surface area contributed by atoms with Gasteiger partial charge in [0.05, 0.1) is 29.8 Å². The molecular weight excluding hydrogens is 618 g/mol. The summed E-state index contributed by atoms with van der Waals surface area (Å²) in [6.07, 6.45) is 3.18. The number of aromatic nitrogens is 3. The number of fused-ring (bicyclic) bond motifs is 3. The number of carbonyl (C=O) groups is 1. The van der Waals surface area contributed by atoms with Crippen molar-refractivity contribution in [1.82, 2.24) is 14.1 Å². The first kappa shape index (κ1) is 29.9. The lowest BCUT2D eigenvalue weighted by molar-refractivity contribution is 0.102. The molecule has 2 aromatic heterocycles. The van der Waals surface area contributed by atoms with E-state index in [0.717, 1.165) is 40.0 Å². The van der Waals surface area contributed by atoms with Crippen LogP contribution in [0.15, 0.2) is 76.6 Å². The Hall–Kier alpha value is -5.76. The van der Waals surface area contributed by atoms with Gasteiger partial charge in [0, 0.05) is 43.7 Å². The second kappa shape index (κ2) is 12.2. The normalized spacial score (nSPS) is 15.4. The van der Waals surface area contributed by atoms with E-state index in [4.69, 9.17) is 23.7 Å². The van der Waals surface area contributed by atoms with Gasteiger partial charge in [0.15, 0.2) is 23.1 Å². The molecule has 2 aliphatic heterocycles. The summed E-state index contributed by atoms with van der Waals surface area (Å²) in [6, 6.07) is 11.7. The molecule has 14 heteroatoms. The Bertz CT molecular complexity index is 2140. The number of nitrogens with zero attached hydrogens (tertiary/aromatic N) is 3. The van der Waals surface area contributed by atoms with Crippen LogP contribution in [0.3, 0.4) is 0 Å². The van der Waals surface area contributed by atoms with Crippen molar-refractivity contribution >= 4 is 22.5 Å². The topological polar surface area (TPSA) is 132 Å². The van der Waals surface area contributed by atoms with Crippen molar-refractivity contribution in [3.63, 3.8) is 0 Å². The zero-order valence-electron chi connectivity index (χ0n) is 24.8. The number of anilines is 1. The highest BCUT2D eigenvalue weighted by Gasteiger charge is 2.28. The van der Waals surface area contributed by atoms with Crippen molar-refractivity contribution in [2.45, 2.75) is 12.5 Å². The number of nitrogens with one attached hydrogen (secondary N) is 1. The van der Waals surface area contributed by atoms with E-state index in [9.17, 15) is 18.8 Å². The number of hydrogen-bond donors (Lipinski definition) is 1. The third-order valence-corrected chi connectivity index (χ3v) is 7.61. The van der Waals surface area contributed by atoms with Crippen LogP contribution in [0.2, 0.25) is 0 Å². The average molecular weight is 645 g/mol. The first-order valence-corrected chi connectivity index (χ1v) is 14.6. The summed E-state index contributed by atoms with van der Waals surface area (Å²) >= 11 is 0. The van der Waals surface area contributed by atoms with E-state index in [2.05, 4.69) is 10.3 Å². The average Bonchev–Trinajstić information content (AvgIpc) is 3.58. The number of pyridine rings is 1. The summed E-state index contributed by atoms with van der Waals surface area (Å²) in [5.41, 5.74) is -1.48. The van der Waals surface area contributed by atoms with Gasteiger partial charge >= 0.3 is 5.69 Å². The maximum atomic E-state index is 15.4. The van der Waals surface area contributed by atoms with Crippen LogP contribution in [0.5, 0.6) is 28.7 Å². The van der Waals surface area contributed by atoms with E-state index in [0.29, 0.717) is 48.0 Å². The Morgan fingerprint density at radius 2 is 1.74 bits per heavy atom. The number of hydrogen-bond acceptors (Lipinski definition) is 9. The standard InChI is InChI=1S/C33H26F2N4O8/c1-38-16-22(32(41)39(33(38)42)20-5-2-18(34)3-6-20)31(40)37-19-4-7-25(23(35)14-19)47-26-8-10-36-24-15-27(46-21-9-11-43-17-21)29-30(28(24)26)45-13-12-44-29/h2-8,10,14-16,21H,9,11-13,17H2,1H3,(H,37,40). The minimum absolute atomic E-state index is 0.0211. The molecule has 1 amide bonds. The second-order valence-electron chi connectivity index (χ2n) is 10.8. The van der Waals surface area contributed by atoms with Gasteiger partial charge < -0.3 is 33.6 Å². The number of amides is 1. The summed E-state index contributed by atoms with van der Waals surface area (Å²) in [6.45, 7) is 1.65. The molecule has 0 spiro atoms.